The second kappa shape index (κ2) is 5.97. The highest BCUT2D eigenvalue weighted by molar-refractivity contribution is 7.90. The number of hydrogen-bond acceptors (Lipinski definition) is 4. The molecular formula is C11H20N2O3S2. The first-order valence-corrected chi connectivity index (χ1v) is 8.51. The lowest BCUT2D eigenvalue weighted by atomic mass is 9.73. The number of nitrogens with two attached hydrogens (primary N) is 1. The van der Waals surface area contributed by atoms with Crippen LogP contribution in [0.25, 0.3) is 0 Å². The van der Waals surface area contributed by atoms with Crippen molar-refractivity contribution in [2.75, 3.05) is 18.6 Å². The van der Waals surface area contributed by atoms with E-state index in [1.165, 1.54) is 0 Å². The van der Waals surface area contributed by atoms with Gasteiger partial charge in [-0.15, -0.1) is 0 Å². The molecule has 1 saturated carbocycles. The van der Waals surface area contributed by atoms with Gasteiger partial charge in [0.05, 0.1) is 16.2 Å². The lowest BCUT2D eigenvalue weighted by molar-refractivity contribution is -0.128. The van der Waals surface area contributed by atoms with E-state index < -0.39 is 15.3 Å². The molecule has 1 amide bonds. The van der Waals surface area contributed by atoms with Crippen molar-refractivity contribution in [3.8, 4) is 0 Å². The van der Waals surface area contributed by atoms with Crippen LogP contribution < -0.4 is 11.1 Å². The number of hydrogen-bond donors (Lipinski definition) is 2. The number of thiocarbonyl (C=S) groups is 1. The van der Waals surface area contributed by atoms with Gasteiger partial charge in [0, 0.05) is 12.8 Å². The predicted molar refractivity (Wildman–Crippen MR) is 75.0 cm³/mol. The summed E-state index contributed by atoms with van der Waals surface area (Å²) in [6.07, 6.45) is 5.40. The van der Waals surface area contributed by atoms with E-state index in [9.17, 15) is 13.2 Å². The van der Waals surface area contributed by atoms with Crippen molar-refractivity contribution < 1.29 is 13.2 Å². The summed E-state index contributed by atoms with van der Waals surface area (Å²) in [5.41, 5.74) is 4.94. The van der Waals surface area contributed by atoms with Crippen molar-refractivity contribution in [3.05, 3.63) is 0 Å². The standard InChI is InChI=1S/C11H20N2O3S2/c1-18(15,16)8-7-13-10(14)11(9(12)17)5-3-2-4-6-11/h2-8H2,1H3,(H2,12,17)(H,13,14). The first kappa shape index (κ1) is 15.4. The summed E-state index contributed by atoms with van der Waals surface area (Å²) in [5, 5.41) is 2.65. The van der Waals surface area contributed by atoms with E-state index in [2.05, 4.69) is 5.32 Å². The lowest BCUT2D eigenvalue weighted by Crippen LogP contribution is -2.50. The molecule has 0 aliphatic heterocycles. The van der Waals surface area contributed by atoms with Crippen LogP contribution in [-0.2, 0) is 14.6 Å². The monoisotopic (exact) mass is 292 g/mol. The summed E-state index contributed by atoms with van der Waals surface area (Å²) in [4.78, 5) is 12.4. The van der Waals surface area contributed by atoms with Crippen LogP contribution in [0.3, 0.4) is 0 Å². The highest BCUT2D eigenvalue weighted by atomic mass is 32.2. The van der Waals surface area contributed by atoms with Gasteiger partial charge in [-0.25, -0.2) is 8.42 Å². The Labute approximate surface area is 113 Å². The minimum atomic E-state index is -3.07. The van der Waals surface area contributed by atoms with Crippen LogP contribution in [0.2, 0.25) is 0 Å². The van der Waals surface area contributed by atoms with E-state index in [1.807, 2.05) is 0 Å². The van der Waals surface area contributed by atoms with E-state index in [0.717, 1.165) is 25.5 Å². The minimum Gasteiger partial charge on any atom is -0.392 e. The molecule has 0 saturated heterocycles. The van der Waals surface area contributed by atoms with Crippen molar-refractivity contribution >= 4 is 33.0 Å². The number of carbonyl (C=O) groups is 1. The number of nitrogens with one attached hydrogen (secondary N) is 1. The van der Waals surface area contributed by atoms with Crippen LogP contribution in [0.4, 0.5) is 0 Å². The summed E-state index contributed by atoms with van der Waals surface area (Å²) in [6, 6.07) is 0. The fraction of sp³-hybridized carbons (Fsp3) is 0.818. The number of sulfone groups is 1. The third-order valence-corrected chi connectivity index (χ3v) is 4.71. The molecule has 0 bridgehead atoms. The van der Waals surface area contributed by atoms with Crippen LogP contribution in [0, 0.1) is 5.41 Å². The Bertz CT molecular complexity index is 426. The van der Waals surface area contributed by atoms with Gasteiger partial charge in [0.25, 0.3) is 0 Å². The molecule has 7 heteroatoms. The molecule has 1 aliphatic rings. The molecule has 0 heterocycles. The fourth-order valence-corrected chi connectivity index (χ4v) is 3.03. The highest BCUT2D eigenvalue weighted by Gasteiger charge is 2.42. The van der Waals surface area contributed by atoms with Gasteiger partial charge >= 0.3 is 0 Å². The van der Waals surface area contributed by atoms with E-state index >= 15 is 0 Å². The summed E-state index contributed by atoms with van der Waals surface area (Å²) in [6.45, 7) is 0.113. The van der Waals surface area contributed by atoms with Crippen LogP contribution in [-0.4, -0.2) is 37.9 Å². The van der Waals surface area contributed by atoms with Crippen LogP contribution >= 0.6 is 12.2 Å². The minimum absolute atomic E-state index is 0.0633. The van der Waals surface area contributed by atoms with E-state index in [4.69, 9.17) is 18.0 Å². The average Bonchev–Trinajstić information content (AvgIpc) is 2.27. The molecular weight excluding hydrogens is 272 g/mol. The van der Waals surface area contributed by atoms with Crippen molar-refractivity contribution in [1.82, 2.24) is 5.32 Å². The third kappa shape index (κ3) is 3.91. The topological polar surface area (TPSA) is 89.3 Å². The Morgan fingerprint density at radius 3 is 2.33 bits per heavy atom. The Hall–Kier alpha value is -0.690. The maximum absolute atomic E-state index is 12.2. The zero-order valence-corrected chi connectivity index (χ0v) is 12.2. The summed E-state index contributed by atoms with van der Waals surface area (Å²) >= 11 is 5.03. The molecule has 0 aromatic carbocycles. The highest BCUT2D eigenvalue weighted by Crippen LogP contribution is 2.36. The molecule has 0 aromatic rings. The van der Waals surface area contributed by atoms with E-state index in [0.29, 0.717) is 12.8 Å². The predicted octanol–water partition coefficient (Wildman–Crippen LogP) is 0.384. The number of amides is 1. The molecule has 104 valence electrons. The van der Waals surface area contributed by atoms with Gasteiger partial charge in [-0.3, -0.25) is 4.79 Å². The van der Waals surface area contributed by atoms with Gasteiger partial charge < -0.3 is 11.1 Å². The van der Waals surface area contributed by atoms with Crippen molar-refractivity contribution in [3.63, 3.8) is 0 Å². The van der Waals surface area contributed by atoms with Gasteiger partial charge in [-0.2, -0.15) is 0 Å². The van der Waals surface area contributed by atoms with E-state index in [-0.39, 0.29) is 23.2 Å². The zero-order valence-electron chi connectivity index (χ0n) is 10.6. The van der Waals surface area contributed by atoms with Crippen LogP contribution in [0.15, 0.2) is 0 Å². The molecule has 0 spiro atoms. The van der Waals surface area contributed by atoms with Crippen molar-refractivity contribution in [2.24, 2.45) is 11.1 Å². The first-order chi connectivity index (χ1) is 8.28. The lowest BCUT2D eigenvalue weighted by Gasteiger charge is -2.34. The average molecular weight is 292 g/mol. The van der Waals surface area contributed by atoms with Gasteiger partial charge in [-0.05, 0) is 12.8 Å². The molecule has 0 radical (unpaired) electrons. The van der Waals surface area contributed by atoms with Crippen LogP contribution in [0.1, 0.15) is 32.1 Å². The maximum atomic E-state index is 12.2. The SMILES string of the molecule is CS(=O)(=O)CCNC(=O)C1(C(N)=S)CCCCC1. The van der Waals surface area contributed by atoms with E-state index in [1.54, 1.807) is 0 Å². The largest absolute Gasteiger partial charge is 0.392 e. The van der Waals surface area contributed by atoms with Gasteiger partial charge in [0.2, 0.25) is 5.91 Å². The normalized spacial score (nSPS) is 19.2. The summed E-state index contributed by atoms with van der Waals surface area (Å²) in [5.74, 6) is -0.287. The molecule has 1 fully saturated rings. The van der Waals surface area contributed by atoms with Gasteiger partial charge in [0.15, 0.2) is 0 Å². The van der Waals surface area contributed by atoms with Gasteiger partial charge in [-0.1, -0.05) is 31.5 Å². The molecule has 0 atom stereocenters. The van der Waals surface area contributed by atoms with Crippen molar-refractivity contribution in [2.45, 2.75) is 32.1 Å². The first-order valence-electron chi connectivity index (χ1n) is 6.04. The number of rotatable bonds is 5. The summed E-state index contributed by atoms with van der Waals surface area (Å²) < 4.78 is 22.0. The van der Waals surface area contributed by atoms with Gasteiger partial charge in [0.1, 0.15) is 9.84 Å². The molecule has 0 unspecified atom stereocenters. The second-order valence-corrected chi connectivity index (χ2v) is 7.59. The molecule has 0 aromatic heterocycles. The smallest absolute Gasteiger partial charge is 0.233 e. The molecule has 3 N–H and O–H groups in total. The van der Waals surface area contributed by atoms with Crippen molar-refractivity contribution in [1.29, 1.82) is 0 Å². The Morgan fingerprint density at radius 1 is 1.33 bits per heavy atom. The molecule has 1 aliphatic carbocycles. The number of carbonyl (C=O) groups excluding carboxylic acids is 1. The van der Waals surface area contributed by atoms with Crippen LogP contribution in [0.5, 0.6) is 0 Å². The fourth-order valence-electron chi connectivity index (χ4n) is 2.26. The Morgan fingerprint density at radius 2 is 1.89 bits per heavy atom. The molecule has 5 nitrogen and oxygen atoms in total. The molecule has 1 rings (SSSR count). The summed E-state index contributed by atoms with van der Waals surface area (Å²) in [7, 11) is -3.07. The maximum Gasteiger partial charge on any atom is 0.233 e. The third-order valence-electron chi connectivity index (χ3n) is 3.37. The quantitative estimate of drug-likeness (QED) is 0.715. The second-order valence-electron chi connectivity index (χ2n) is 4.89. The molecule has 18 heavy (non-hydrogen) atoms. The zero-order chi connectivity index (χ0) is 13.8. The Kier molecular flexibility index (Phi) is 5.10. The Balaban J connectivity index is 2.64.